The maximum Gasteiger partial charge on any atom is 0.323 e. The molecule has 2 rings (SSSR count). The highest BCUT2D eigenvalue weighted by Crippen LogP contribution is 2.28. The van der Waals surface area contributed by atoms with Crippen molar-refractivity contribution in [2.24, 2.45) is 5.92 Å². The summed E-state index contributed by atoms with van der Waals surface area (Å²) in [6.07, 6.45) is 3.26. The SMILES string of the molecule is Cc1cc(NC(=O)N(CCC(C)C)C2CC2)no1. The van der Waals surface area contributed by atoms with Crippen LogP contribution in [0.3, 0.4) is 0 Å². The number of nitrogens with one attached hydrogen (secondary N) is 1. The third-order valence-electron chi connectivity index (χ3n) is 3.06. The van der Waals surface area contributed by atoms with Crippen molar-refractivity contribution in [1.82, 2.24) is 10.1 Å². The molecule has 5 heteroatoms. The molecule has 1 saturated carbocycles. The minimum atomic E-state index is -0.0635. The first kappa shape index (κ1) is 12.9. The van der Waals surface area contributed by atoms with Gasteiger partial charge in [0.1, 0.15) is 5.76 Å². The van der Waals surface area contributed by atoms with E-state index in [1.807, 2.05) is 4.90 Å². The molecule has 1 heterocycles. The van der Waals surface area contributed by atoms with Gasteiger partial charge < -0.3 is 9.42 Å². The number of aromatic nitrogens is 1. The molecule has 1 aliphatic rings. The van der Waals surface area contributed by atoms with Gasteiger partial charge in [0.05, 0.1) is 0 Å². The number of hydrogen-bond acceptors (Lipinski definition) is 3. The summed E-state index contributed by atoms with van der Waals surface area (Å²) in [5.74, 6) is 1.80. The van der Waals surface area contributed by atoms with E-state index in [0.717, 1.165) is 25.8 Å². The summed E-state index contributed by atoms with van der Waals surface area (Å²) in [4.78, 5) is 14.1. The van der Waals surface area contributed by atoms with Crippen LogP contribution in [0.2, 0.25) is 0 Å². The molecule has 0 spiro atoms. The number of carbonyl (C=O) groups is 1. The fourth-order valence-electron chi connectivity index (χ4n) is 1.84. The Morgan fingerprint density at radius 1 is 1.61 bits per heavy atom. The average molecular weight is 251 g/mol. The molecular formula is C13H21N3O2. The second-order valence-corrected chi connectivity index (χ2v) is 5.36. The molecule has 0 aromatic carbocycles. The van der Waals surface area contributed by atoms with Crippen LogP contribution in [-0.2, 0) is 0 Å². The molecule has 1 aromatic heterocycles. The van der Waals surface area contributed by atoms with Crippen molar-refractivity contribution < 1.29 is 9.32 Å². The number of aryl methyl sites for hydroxylation is 1. The summed E-state index contributed by atoms with van der Waals surface area (Å²) in [5, 5.41) is 6.57. The van der Waals surface area contributed by atoms with E-state index >= 15 is 0 Å². The topological polar surface area (TPSA) is 58.4 Å². The Hall–Kier alpha value is -1.52. The highest BCUT2D eigenvalue weighted by atomic mass is 16.5. The summed E-state index contributed by atoms with van der Waals surface area (Å²) in [5.41, 5.74) is 0. The summed E-state index contributed by atoms with van der Waals surface area (Å²) in [7, 11) is 0. The standard InChI is InChI=1S/C13H21N3O2/c1-9(2)6-7-16(11-4-5-11)13(17)14-12-8-10(3)18-15-12/h8-9,11H,4-7H2,1-3H3,(H,14,15,17). The zero-order valence-corrected chi connectivity index (χ0v) is 11.3. The summed E-state index contributed by atoms with van der Waals surface area (Å²) in [6.45, 7) is 6.96. The predicted octanol–water partition coefficient (Wildman–Crippen LogP) is 3.03. The van der Waals surface area contributed by atoms with Gasteiger partial charge in [-0.3, -0.25) is 5.32 Å². The van der Waals surface area contributed by atoms with Gasteiger partial charge >= 0.3 is 6.03 Å². The third-order valence-corrected chi connectivity index (χ3v) is 3.06. The second kappa shape index (κ2) is 5.42. The van der Waals surface area contributed by atoms with Crippen LogP contribution in [-0.4, -0.2) is 28.7 Å². The Labute approximate surface area is 108 Å². The number of carbonyl (C=O) groups excluding carboxylic acids is 1. The molecule has 1 aromatic rings. The predicted molar refractivity (Wildman–Crippen MR) is 69.4 cm³/mol. The number of hydrogen-bond donors (Lipinski definition) is 1. The Morgan fingerprint density at radius 2 is 2.33 bits per heavy atom. The van der Waals surface area contributed by atoms with E-state index in [-0.39, 0.29) is 6.03 Å². The fourth-order valence-corrected chi connectivity index (χ4v) is 1.84. The van der Waals surface area contributed by atoms with Crippen LogP contribution in [0.5, 0.6) is 0 Å². The first-order chi connectivity index (χ1) is 8.56. The fraction of sp³-hybridized carbons (Fsp3) is 0.692. The van der Waals surface area contributed by atoms with Crippen molar-refractivity contribution >= 4 is 11.8 Å². The molecule has 0 radical (unpaired) electrons. The van der Waals surface area contributed by atoms with Crippen LogP contribution >= 0.6 is 0 Å². The van der Waals surface area contributed by atoms with Crippen LogP contribution < -0.4 is 5.32 Å². The van der Waals surface area contributed by atoms with E-state index in [9.17, 15) is 4.79 Å². The van der Waals surface area contributed by atoms with Crippen LogP contribution in [0.4, 0.5) is 10.6 Å². The zero-order valence-electron chi connectivity index (χ0n) is 11.3. The van der Waals surface area contributed by atoms with Crippen molar-refractivity contribution in [1.29, 1.82) is 0 Å². The molecule has 5 nitrogen and oxygen atoms in total. The van der Waals surface area contributed by atoms with E-state index in [4.69, 9.17) is 4.52 Å². The number of amides is 2. The highest BCUT2D eigenvalue weighted by Gasteiger charge is 2.32. The molecule has 0 aliphatic heterocycles. The molecule has 0 atom stereocenters. The van der Waals surface area contributed by atoms with Crippen LogP contribution in [0.15, 0.2) is 10.6 Å². The first-order valence-corrected chi connectivity index (χ1v) is 6.57. The molecule has 100 valence electrons. The van der Waals surface area contributed by atoms with Gasteiger partial charge in [0.2, 0.25) is 0 Å². The summed E-state index contributed by atoms with van der Waals surface area (Å²) in [6, 6.07) is 2.08. The number of urea groups is 1. The smallest absolute Gasteiger partial charge is 0.323 e. The quantitative estimate of drug-likeness (QED) is 0.875. The Morgan fingerprint density at radius 3 is 2.83 bits per heavy atom. The molecule has 1 N–H and O–H groups in total. The Bertz CT molecular complexity index is 410. The van der Waals surface area contributed by atoms with Crippen molar-refractivity contribution in [3.8, 4) is 0 Å². The van der Waals surface area contributed by atoms with Crippen molar-refractivity contribution in [2.75, 3.05) is 11.9 Å². The van der Waals surface area contributed by atoms with Crippen molar-refractivity contribution in [3.63, 3.8) is 0 Å². The lowest BCUT2D eigenvalue weighted by Gasteiger charge is -2.23. The average Bonchev–Trinajstić information content (AvgIpc) is 3.03. The van der Waals surface area contributed by atoms with Crippen LogP contribution in [0.25, 0.3) is 0 Å². The largest absolute Gasteiger partial charge is 0.360 e. The summed E-state index contributed by atoms with van der Waals surface area (Å²) < 4.78 is 4.94. The molecular weight excluding hydrogens is 230 g/mol. The lowest BCUT2D eigenvalue weighted by atomic mass is 10.1. The van der Waals surface area contributed by atoms with Gasteiger partial charge in [0, 0.05) is 18.7 Å². The molecule has 18 heavy (non-hydrogen) atoms. The lowest BCUT2D eigenvalue weighted by molar-refractivity contribution is 0.205. The van der Waals surface area contributed by atoms with E-state index in [2.05, 4.69) is 24.3 Å². The normalized spacial score (nSPS) is 14.9. The third kappa shape index (κ3) is 3.48. The number of anilines is 1. The van der Waals surface area contributed by atoms with Gasteiger partial charge in [-0.05, 0) is 32.1 Å². The Kier molecular flexibility index (Phi) is 3.89. The molecule has 0 saturated heterocycles. The maximum atomic E-state index is 12.1. The summed E-state index contributed by atoms with van der Waals surface area (Å²) >= 11 is 0. The monoisotopic (exact) mass is 251 g/mol. The molecule has 0 unspecified atom stereocenters. The van der Waals surface area contributed by atoms with Crippen LogP contribution in [0.1, 0.15) is 38.9 Å². The van der Waals surface area contributed by atoms with Gasteiger partial charge in [-0.1, -0.05) is 19.0 Å². The highest BCUT2D eigenvalue weighted by molar-refractivity contribution is 5.88. The minimum absolute atomic E-state index is 0.0635. The lowest BCUT2D eigenvalue weighted by Crippen LogP contribution is -2.38. The number of nitrogens with zero attached hydrogens (tertiary/aromatic N) is 2. The van der Waals surface area contributed by atoms with E-state index in [1.165, 1.54) is 0 Å². The van der Waals surface area contributed by atoms with E-state index in [1.54, 1.807) is 13.0 Å². The van der Waals surface area contributed by atoms with Gasteiger partial charge in [0.15, 0.2) is 5.82 Å². The van der Waals surface area contributed by atoms with Gasteiger partial charge in [0.25, 0.3) is 0 Å². The van der Waals surface area contributed by atoms with Crippen LogP contribution in [0, 0.1) is 12.8 Å². The molecule has 2 amide bonds. The first-order valence-electron chi connectivity index (χ1n) is 6.57. The van der Waals surface area contributed by atoms with Crippen molar-refractivity contribution in [2.45, 2.75) is 46.1 Å². The van der Waals surface area contributed by atoms with E-state index < -0.39 is 0 Å². The number of rotatable bonds is 5. The maximum absolute atomic E-state index is 12.1. The van der Waals surface area contributed by atoms with Gasteiger partial charge in [-0.2, -0.15) is 0 Å². The van der Waals surface area contributed by atoms with E-state index in [0.29, 0.717) is 23.5 Å². The van der Waals surface area contributed by atoms with Gasteiger partial charge in [-0.15, -0.1) is 0 Å². The van der Waals surface area contributed by atoms with Gasteiger partial charge in [-0.25, -0.2) is 4.79 Å². The molecule has 1 fully saturated rings. The van der Waals surface area contributed by atoms with Crippen molar-refractivity contribution in [3.05, 3.63) is 11.8 Å². The zero-order chi connectivity index (χ0) is 13.1. The molecule has 0 bridgehead atoms. The Balaban J connectivity index is 1.91. The minimum Gasteiger partial charge on any atom is -0.360 e. The second-order valence-electron chi connectivity index (χ2n) is 5.36. The molecule has 1 aliphatic carbocycles.